The van der Waals surface area contributed by atoms with Crippen molar-refractivity contribution in [3.8, 4) is 0 Å². The van der Waals surface area contributed by atoms with E-state index < -0.39 is 0 Å². The number of hydroxylamine groups is 1. The zero-order valence-electron chi connectivity index (χ0n) is 20.4. The van der Waals surface area contributed by atoms with Gasteiger partial charge in [-0.05, 0) is 12.8 Å². The Labute approximate surface area is 184 Å². The Hall–Kier alpha value is -0.530. The van der Waals surface area contributed by atoms with Crippen LogP contribution in [-0.2, 0) is 0 Å². The predicted octanol–water partition coefficient (Wildman–Crippen LogP) is 9.58. The van der Waals surface area contributed by atoms with E-state index in [1.165, 1.54) is 140 Å². The van der Waals surface area contributed by atoms with Crippen LogP contribution in [0, 0.1) is 5.21 Å². The number of hydrogen-bond acceptors (Lipinski definition) is 1. The van der Waals surface area contributed by atoms with Gasteiger partial charge < -0.3 is 5.21 Å². The van der Waals surface area contributed by atoms with Gasteiger partial charge in [0.15, 0.2) is 12.8 Å². The summed E-state index contributed by atoms with van der Waals surface area (Å²) in [5.41, 5.74) is 0. The quantitative estimate of drug-likeness (QED) is 0.0512. The number of hydrogen-bond donors (Lipinski definition) is 0. The first-order valence-corrected chi connectivity index (χ1v) is 13.6. The third-order valence-electron chi connectivity index (χ3n) is 6.12. The molecule has 0 saturated heterocycles. The van der Waals surface area contributed by atoms with E-state index in [1.54, 1.807) is 0 Å². The molecule has 0 unspecified atom stereocenters. The second kappa shape index (κ2) is 25.5. The van der Waals surface area contributed by atoms with Gasteiger partial charge in [0, 0.05) is 12.8 Å². The molecular formula is C27H55NO. The summed E-state index contributed by atoms with van der Waals surface area (Å²) in [6.45, 7) is 5.26. The van der Waals surface area contributed by atoms with Crippen molar-refractivity contribution in [3.63, 3.8) is 0 Å². The fourth-order valence-corrected chi connectivity index (χ4v) is 4.07. The maximum absolute atomic E-state index is 11.8. The molecule has 0 aromatic heterocycles. The van der Waals surface area contributed by atoms with E-state index in [4.69, 9.17) is 0 Å². The van der Waals surface area contributed by atoms with Crippen LogP contribution in [0.15, 0.2) is 0 Å². The molecule has 2 heteroatoms. The molecule has 0 aliphatic heterocycles. The van der Waals surface area contributed by atoms with Gasteiger partial charge in [0.25, 0.3) is 0 Å². The highest BCUT2D eigenvalue weighted by Gasteiger charge is 1.97. The molecule has 0 saturated carbocycles. The molecule has 0 atom stereocenters. The summed E-state index contributed by atoms with van der Waals surface area (Å²) in [5.74, 6) is 0. The molecular weight excluding hydrogens is 354 g/mol. The van der Waals surface area contributed by atoms with Gasteiger partial charge >= 0.3 is 0 Å². The Morgan fingerprint density at radius 3 is 1.14 bits per heavy atom. The molecule has 0 aliphatic rings. The third kappa shape index (κ3) is 25.4. The highest BCUT2D eigenvalue weighted by atomic mass is 16.5. The van der Waals surface area contributed by atoms with E-state index in [2.05, 4.69) is 13.8 Å². The molecule has 2 nitrogen and oxygen atoms in total. The van der Waals surface area contributed by atoms with Crippen LogP contribution >= 0.6 is 0 Å². The average molecular weight is 410 g/mol. The molecule has 0 rings (SSSR count). The summed E-state index contributed by atoms with van der Waals surface area (Å²) in [4.78, 5) is 0. The van der Waals surface area contributed by atoms with E-state index in [0.717, 1.165) is 12.8 Å². The maximum atomic E-state index is 11.8. The van der Waals surface area contributed by atoms with Gasteiger partial charge in [-0.3, -0.25) is 0 Å². The van der Waals surface area contributed by atoms with Crippen LogP contribution in [0.4, 0.5) is 0 Å². The van der Waals surface area contributed by atoms with Crippen molar-refractivity contribution in [2.45, 2.75) is 162 Å². The Morgan fingerprint density at radius 2 is 0.759 bits per heavy atom. The lowest BCUT2D eigenvalue weighted by Crippen LogP contribution is -2.06. The normalized spacial score (nSPS) is 12.0. The summed E-state index contributed by atoms with van der Waals surface area (Å²) in [6.07, 6.45) is 32.7. The molecule has 0 aromatic rings. The fourth-order valence-electron chi connectivity index (χ4n) is 4.07. The summed E-state index contributed by atoms with van der Waals surface area (Å²) in [7, 11) is 0. The maximum Gasteiger partial charge on any atom is 0.153 e. The third-order valence-corrected chi connectivity index (χ3v) is 6.12. The molecule has 0 aromatic carbocycles. The molecule has 0 aliphatic carbocycles. The first-order chi connectivity index (χ1) is 14.3. The van der Waals surface area contributed by atoms with Gasteiger partial charge in [-0.15, -0.1) is 0 Å². The second-order valence-electron chi connectivity index (χ2n) is 9.18. The molecule has 0 bridgehead atoms. The Bertz CT molecular complexity index is 326. The van der Waals surface area contributed by atoms with Crippen LogP contribution in [0.2, 0.25) is 0 Å². The molecule has 0 fully saturated rings. The molecule has 0 heterocycles. The van der Waals surface area contributed by atoms with Gasteiger partial charge in [-0.1, -0.05) is 136 Å². The van der Waals surface area contributed by atoms with Crippen molar-refractivity contribution < 1.29 is 4.74 Å². The van der Waals surface area contributed by atoms with Gasteiger partial charge in [-0.2, -0.15) is 0 Å². The Morgan fingerprint density at radius 1 is 0.448 bits per heavy atom. The number of nitrogens with zero attached hydrogens (tertiary/aromatic N) is 1. The molecule has 0 N–H and O–H groups in total. The smallest absolute Gasteiger partial charge is 0.153 e. The largest absolute Gasteiger partial charge is 0.624 e. The lowest BCUT2D eigenvalue weighted by Gasteiger charge is -2.05. The summed E-state index contributed by atoms with van der Waals surface area (Å²) >= 11 is 0. The van der Waals surface area contributed by atoms with Gasteiger partial charge in [0.05, 0.1) is 0 Å². The minimum atomic E-state index is 0.703. The first kappa shape index (κ1) is 28.5. The topological polar surface area (TPSA) is 26.1 Å². The van der Waals surface area contributed by atoms with Crippen LogP contribution in [0.3, 0.4) is 0 Å². The van der Waals surface area contributed by atoms with Crippen molar-refractivity contribution >= 4 is 6.21 Å². The lowest BCUT2D eigenvalue weighted by molar-refractivity contribution is -0.454. The van der Waals surface area contributed by atoms with E-state index in [0.29, 0.717) is 6.54 Å². The predicted molar refractivity (Wildman–Crippen MR) is 132 cm³/mol. The van der Waals surface area contributed by atoms with E-state index in [9.17, 15) is 5.21 Å². The van der Waals surface area contributed by atoms with Crippen molar-refractivity contribution in [1.82, 2.24) is 0 Å². The van der Waals surface area contributed by atoms with Crippen LogP contribution in [0.1, 0.15) is 162 Å². The molecule has 0 spiro atoms. The van der Waals surface area contributed by atoms with Crippen molar-refractivity contribution in [3.05, 3.63) is 5.21 Å². The molecule has 174 valence electrons. The Balaban J connectivity index is 3.22. The summed E-state index contributed by atoms with van der Waals surface area (Å²) < 4.78 is 1.20. The zero-order chi connectivity index (χ0) is 21.3. The minimum absolute atomic E-state index is 0.703. The monoisotopic (exact) mass is 409 g/mol. The highest BCUT2D eigenvalue weighted by molar-refractivity contribution is 5.50. The van der Waals surface area contributed by atoms with Crippen molar-refractivity contribution in [2.24, 2.45) is 0 Å². The number of unbranched alkanes of at least 4 members (excludes halogenated alkanes) is 21. The molecule has 0 amide bonds. The van der Waals surface area contributed by atoms with Gasteiger partial charge in [0.2, 0.25) is 0 Å². The average Bonchev–Trinajstić information content (AvgIpc) is 2.72. The Kier molecular flexibility index (Phi) is 25.0. The molecule has 29 heavy (non-hydrogen) atoms. The lowest BCUT2D eigenvalue weighted by atomic mass is 10.1. The number of rotatable bonds is 24. The van der Waals surface area contributed by atoms with Gasteiger partial charge in [0.1, 0.15) is 0 Å². The highest BCUT2D eigenvalue weighted by Crippen LogP contribution is 2.12. The van der Waals surface area contributed by atoms with E-state index in [1.807, 2.05) is 6.21 Å². The molecule has 0 radical (unpaired) electrons. The van der Waals surface area contributed by atoms with Crippen molar-refractivity contribution in [2.75, 3.05) is 6.54 Å². The van der Waals surface area contributed by atoms with Crippen molar-refractivity contribution in [1.29, 1.82) is 0 Å². The first-order valence-electron chi connectivity index (χ1n) is 13.6. The minimum Gasteiger partial charge on any atom is -0.624 e. The second-order valence-corrected chi connectivity index (χ2v) is 9.18. The van der Waals surface area contributed by atoms with Crippen LogP contribution in [-0.4, -0.2) is 17.5 Å². The zero-order valence-corrected chi connectivity index (χ0v) is 20.4. The van der Waals surface area contributed by atoms with Crippen LogP contribution in [0.25, 0.3) is 0 Å². The fraction of sp³-hybridized carbons (Fsp3) is 0.963. The van der Waals surface area contributed by atoms with Crippen LogP contribution in [0.5, 0.6) is 0 Å². The summed E-state index contributed by atoms with van der Waals surface area (Å²) in [6, 6.07) is 0. The van der Waals surface area contributed by atoms with E-state index in [-0.39, 0.29) is 0 Å². The van der Waals surface area contributed by atoms with Crippen LogP contribution < -0.4 is 0 Å². The SMILES string of the molecule is CCCCCCCCCCCCCC=[N+]([O-])CCCCCCCCCCCCC. The van der Waals surface area contributed by atoms with Gasteiger partial charge in [-0.25, -0.2) is 4.74 Å². The van der Waals surface area contributed by atoms with E-state index >= 15 is 0 Å². The standard InChI is InChI=1S/C27H55NO/c1-3-5-7-9-11-13-15-17-19-21-23-25-27-28(29)26-24-22-20-18-16-14-12-10-8-6-4-2/h27H,3-26H2,1-2H3. The summed E-state index contributed by atoms with van der Waals surface area (Å²) in [5, 5.41) is 11.8.